The van der Waals surface area contributed by atoms with Crippen LogP contribution in [-0.4, -0.2) is 33.3 Å². The fourth-order valence-electron chi connectivity index (χ4n) is 3.44. The smallest absolute Gasteiger partial charge is 0.278 e. The van der Waals surface area contributed by atoms with Gasteiger partial charge in [-0.3, -0.25) is 4.68 Å². The molecule has 152 valence electrons. The van der Waals surface area contributed by atoms with Crippen LogP contribution in [0.4, 0.5) is 0 Å². The van der Waals surface area contributed by atoms with E-state index >= 15 is 0 Å². The normalized spacial score (nSPS) is 15.7. The third kappa shape index (κ3) is 3.59. The SMILES string of the molecule is COc1ccc(C2Cn3nc(-c4nc(-c5ccc(SC)cc5)no4)cc3CO2)cc1. The first kappa shape index (κ1) is 18.9. The lowest BCUT2D eigenvalue weighted by Gasteiger charge is -2.24. The van der Waals surface area contributed by atoms with Crippen LogP contribution in [0.15, 0.2) is 64.0 Å². The molecule has 0 amide bonds. The van der Waals surface area contributed by atoms with Gasteiger partial charge in [-0.05, 0) is 54.3 Å². The van der Waals surface area contributed by atoms with Gasteiger partial charge in [-0.2, -0.15) is 10.1 Å². The monoisotopic (exact) mass is 420 g/mol. The zero-order valence-corrected chi connectivity index (χ0v) is 17.4. The summed E-state index contributed by atoms with van der Waals surface area (Å²) in [7, 11) is 1.66. The Bertz CT molecular complexity index is 1150. The summed E-state index contributed by atoms with van der Waals surface area (Å²) in [6, 6.07) is 17.9. The highest BCUT2D eigenvalue weighted by molar-refractivity contribution is 7.98. The first-order valence-electron chi connectivity index (χ1n) is 9.54. The average Bonchev–Trinajstić information content (AvgIpc) is 3.46. The van der Waals surface area contributed by atoms with Gasteiger partial charge in [0.15, 0.2) is 5.69 Å². The second kappa shape index (κ2) is 7.97. The van der Waals surface area contributed by atoms with Gasteiger partial charge in [-0.25, -0.2) is 0 Å². The molecule has 0 N–H and O–H groups in total. The molecule has 1 aliphatic rings. The second-order valence-corrected chi connectivity index (χ2v) is 7.81. The summed E-state index contributed by atoms with van der Waals surface area (Å²) in [5, 5.41) is 8.80. The topological polar surface area (TPSA) is 75.2 Å². The van der Waals surface area contributed by atoms with Gasteiger partial charge in [0.1, 0.15) is 11.9 Å². The van der Waals surface area contributed by atoms with E-state index in [0.717, 1.165) is 22.6 Å². The van der Waals surface area contributed by atoms with E-state index in [2.05, 4.69) is 15.2 Å². The maximum absolute atomic E-state index is 6.04. The lowest BCUT2D eigenvalue weighted by Crippen LogP contribution is -2.21. The molecule has 2 aromatic heterocycles. The van der Waals surface area contributed by atoms with E-state index in [1.54, 1.807) is 18.9 Å². The Hall–Kier alpha value is -3.10. The van der Waals surface area contributed by atoms with Crippen molar-refractivity contribution in [2.45, 2.75) is 24.2 Å². The van der Waals surface area contributed by atoms with E-state index < -0.39 is 0 Å². The van der Waals surface area contributed by atoms with Crippen molar-refractivity contribution in [3.8, 4) is 28.7 Å². The standard InChI is InChI=1S/C22H20N4O3S/c1-27-17-7-3-14(4-8-17)20-12-26-16(13-28-20)11-19(24-26)22-23-21(25-29-22)15-5-9-18(30-2)10-6-15/h3-11,20H,12-13H2,1-2H3. The third-order valence-electron chi connectivity index (χ3n) is 5.12. The molecule has 1 atom stereocenters. The van der Waals surface area contributed by atoms with Gasteiger partial charge in [-0.15, -0.1) is 11.8 Å². The number of thioether (sulfide) groups is 1. The van der Waals surface area contributed by atoms with Crippen molar-refractivity contribution in [3.63, 3.8) is 0 Å². The highest BCUT2D eigenvalue weighted by atomic mass is 32.2. The van der Waals surface area contributed by atoms with Crippen LogP contribution in [0.3, 0.4) is 0 Å². The molecule has 0 saturated heterocycles. The Kier molecular flexibility index (Phi) is 5.02. The summed E-state index contributed by atoms with van der Waals surface area (Å²) in [4.78, 5) is 5.72. The number of fused-ring (bicyclic) bond motifs is 1. The zero-order chi connectivity index (χ0) is 20.5. The predicted octanol–water partition coefficient (Wildman–Crippen LogP) is 4.60. The minimum Gasteiger partial charge on any atom is -0.497 e. The van der Waals surface area contributed by atoms with Crippen molar-refractivity contribution in [1.29, 1.82) is 0 Å². The van der Waals surface area contributed by atoms with Gasteiger partial charge >= 0.3 is 0 Å². The molecule has 0 aliphatic carbocycles. The highest BCUT2D eigenvalue weighted by Gasteiger charge is 2.24. The maximum atomic E-state index is 6.04. The van der Waals surface area contributed by atoms with Crippen LogP contribution in [0.25, 0.3) is 23.0 Å². The van der Waals surface area contributed by atoms with Crippen LogP contribution in [-0.2, 0) is 17.9 Å². The molecular formula is C22H20N4O3S. The molecule has 5 rings (SSSR count). The van der Waals surface area contributed by atoms with Crippen LogP contribution in [0, 0.1) is 0 Å². The third-order valence-corrected chi connectivity index (χ3v) is 5.86. The summed E-state index contributed by atoms with van der Waals surface area (Å²) in [6.07, 6.45) is 1.98. The van der Waals surface area contributed by atoms with Crippen LogP contribution in [0.1, 0.15) is 17.4 Å². The summed E-state index contributed by atoms with van der Waals surface area (Å²) < 4.78 is 18.7. The molecule has 0 bridgehead atoms. The van der Waals surface area contributed by atoms with Crippen LogP contribution >= 0.6 is 11.8 Å². The molecule has 0 radical (unpaired) electrons. The highest BCUT2D eigenvalue weighted by Crippen LogP contribution is 2.30. The van der Waals surface area contributed by atoms with E-state index in [-0.39, 0.29) is 6.10 Å². The van der Waals surface area contributed by atoms with Gasteiger partial charge in [0.2, 0.25) is 5.82 Å². The first-order valence-corrected chi connectivity index (χ1v) is 10.8. The molecule has 30 heavy (non-hydrogen) atoms. The lowest BCUT2D eigenvalue weighted by atomic mass is 10.1. The lowest BCUT2D eigenvalue weighted by molar-refractivity contribution is -0.00115. The van der Waals surface area contributed by atoms with Crippen molar-refractivity contribution in [2.24, 2.45) is 0 Å². The molecule has 0 saturated carbocycles. The number of methoxy groups -OCH3 is 1. The van der Waals surface area contributed by atoms with Crippen LogP contribution in [0.2, 0.25) is 0 Å². The number of rotatable bonds is 5. The molecule has 7 nitrogen and oxygen atoms in total. The first-order chi connectivity index (χ1) is 14.7. The molecule has 0 spiro atoms. The van der Waals surface area contributed by atoms with E-state index in [1.807, 2.05) is 65.5 Å². The molecule has 2 aromatic carbocycles. The molecule has 4 aromatic rings. The quantitative estimate of drug-likeness (QED) is 0.437. The maximum Gasteiger partial charge on any atom is 0.278 e. The number of aromatic nitrogens is 4. The van der Waals surface area contributed by atoms with Crippen molar-refractivity contribution < 1.29 is 14.0 Å². The Labute approximate surface area is 178 Å². The number of hydrogen-bond acceptors (Lipinski definition) is 7. The number of benzene rings is 2. The Morgan fingerprint density at radius 1 is 1.10 bits per heavy atom. The summed E-state index contributed by atoms with van der Waals surface area (Å²) >= 11 is 1.70. The predicted molar refractivity (Wildman–Crippen MR) is 113 cm³/mol. The largest absolute Gasteiger partial charge is 0.497 e. The van der Waals surface area contributed by atoms with Crippen molar-refractivity contribution in [3.05, 3.63) is 65.9 Å². The van der Waals surface area contributed by atoms with E-state index in [1.165, 1.54) is 4.90 Å². The van der Waals surface area contributed by atoms with Crippen LogP contribution < -0.4 is 4.74 Å². The minimum atomic E-state index is -0.0654. The Balaban J connectivity index is 1.35. The molecule has 3 heterocycles. The number of hydrogen-bond donors (Lipinski definition) is 0. The Morgan fingerprint density at radius 3 is 2.63 bits per heavy atom. The zero-order valence-electron chi connectivity index (χ0n) is 16.6. The molecule has 1 unspecified atom stereocenters. The molecular weight excluding hydrogens is 400 g/mol. The van der Waals surface area contributed by atoms with E-state index in [9.17, 15) is 0 Å². The van der Waals surface area contributed by atoms with Crippen molar-refractivity contribution in [2.75, 3.05) is 13.4 Å². The Morgan fingerprint density at radius 2 is 1.90 bits per heavy atom. The average molecular weight is 420 g/mol. The fourth-order valence-corrected chi connectivity index (χ4v) is 3.84. The van der Waals surface area contributed by atoms with E-state index in [4.69, 9.17) is 14.0 Å². The summed E-state index contributed by atoms with van der Waals surface area (Å²) in [5.74, 6) is 1.78. The van der Waals surface area contributed by atoms with Gasteiger partial charge in [-0.1, -0.05) is 17.3 Å². The fraction of sp³-hybridized carbons (Fsp3) is 0.227. The minimum absolute atomic E-state index is 0.0654. The van der Waals surface area contributed by atoms with Gasteiger partial charge in [0, 0.05) is 10.5 Å². The summed E-state index contributed by atoms with van der Waals surface area (Å²) in [5.41, 5.74) is 3.64. The van der Waals surface area contributed by atoms with Crippen molar-refractivity contribution in [1.82, 2.24) is 19.9 Å². The number of nitrogens with zero attached hydrogens (tertiary/aromatic N) is 4. The molecule has 0 fully saturated rings. The second-order valence-electron chi connectivity index (χ2n) is 6.93. The van der Waals surface area contributed by atoms with Gasteiger partial charge in [0.25, 0.3) is 5.89 Å². The number of ether oxygens (including phenoxy) is 2. The molecule has 8 heteroatoms. The summed E-state index contributed by atoms with van der Waals surface area (Å²) in [6.45, 7) is 1.10. The van der Waals surface area contributed by atoms with Crippen molar-refractivity contribution >= 4 is 11.8 Å². The van der Waals surface area contributed by atoms with Gasteiger partial charge in [0.05, 0.1) is 26.0 Å². The van der Waals surface area contributed by atoms with E-state index in [0.29, 0.717) is 30.6 Å². The van der Waals surface area contributed by atoms with Gasteiger partial charge < -0.3 is 14.0 Å². The molecule has 1 aliphatic heterocycles. The van der Waals surface area contributed by atoms with Crippen LogP contribution in [0.5, 0.6) is 5.75 Å².